The van der Waals surface area contributed by atoms with Gasteiger partial charge in [-0.1, -0.05) is 6.07 Å². The van der Waals surface area contributed by atoms with E-state index >= 15 is 0 Å². The average molecular weight is 552 g/mol. The molecule has 1 aromatic heterocycles. The van der Waals surface area contributed by atoms with E-state index in [1.165, 1.54) is 30.6 Å². The van der Waals surface area contributed by atoms with Gasteiger partial charge in [0.25, 0.3) is 5.91 Å². The van der Waals surface area contributed by atoms with E-state index in [9.17, 15) is 19.2 Å². The highest BCUT2D eigenvalue weighted by molar-refractivity contribution is 7.98. The lowest BCUT2D eigenvalue weighted by molar-refractivity contribution is -0.137. The smallest absolute Gasteiger partial charge is 0.367 e. The van der Waals surface area contributed by atoms with E-state index in [4.69, 9.17) is 4.74 Å². The molecule has 198 valence electrons. The summed E-state index contributed by atoms with van der Waals surface area (Å²) in [6.45, 7) is 0.337. The van der Waals surface area contributed by atoms with Gasteiger partial charge in [-0.05, 0) is 80.4 Å². The number of esters is 1. The van der Waals surface area contributed by atoms with Crippen LogP contribution < -0.4 is 5.32 Å². The van der Waals surface area contributed by atoms with Gasteiger partial charge in [-0.3, -0.25) is 19.7 Å². The van der Waals surface area contributed by atoms with Crippen molar-refractivity contribution in [2.24, 2.45) is 17.8 Å². The summed E-state index contributed by atoms with van der Waals surface area (Å²) in [6.07, 6.45) is 7.50. The Balaban J connectivity index is 1.01. The van der Waals surface area contributed by atoms with Gasteiger partial charge in [0.05, 0.1) is 5.69 Å². The molecule has 3 heterocycles. The predicted octanol–water partition coefficient (Wildman–Crippen LogP) is 4.32. The molecule has 1 atom stereocenters. The van der Waals surface area contributed by atoms with Crippen molar-refractivity contribution >= 4 is 46.8 Å². The van der Waals surface area contributed by atoms with Gasteiger partial charge in [0, 0.05) is 34.6 Å². The summed E-state index contributed by atoms with van der Waals surface area (Å²) < 4.78 is 6.18. The van der Waals surface area contributed by atoms with Crippen LogP contribution in [0.4, 0.5) is 0 Å². The summed E-state index contributed by atoms with van der Waals surface area (Å²) in [4.78, 5) is 57.2. The maximum atomic E-state index is 13.1. The fourth-order valence-electron chi connectivity index (χ4n) is 7.71. The number of ether oxygens (including phenoxy) is 1. The highest BCUT2D eigenvalue weighted by Crippen LogP contribution is 2.57. The van der Waals surface area contributed by atoms with Gasteiger partial charge in [0.1, 0.15) is 11.6 Å². The van der Waals surface area contributed by atoms with Crippen molar-refractivity contribution in [3.8, 4) is 0 Å². The van der Waals surface area contributed by atoms with Crippen LogP contribution in [-0.4, -0.2) is 45.2 Å². The number of carbonyl (C=O) groups excluding carboxylic acids is 4. The van der Waals surface area contributed by atoms with E-state index in [1.54, 1.807) is 22.7 Å². The van der Waals surface area contributed by atoms with Crippen LogP contribution in [-0.2, 0) is 26.6 Å². The second-order valence-corrected chi connectivity index (χ2v) is 13.5. The first-order valence-corrected chi connectivity index (χ1v) is 15.3. The van der Waals surface area contributed by atoms with Gasteiger partial charge < -0.3 is 9.64 Å². The first-order valence-electron chi connectivity index (χ1n) is 13.4. The lowest BCUT2D eigenvalue weighted by atomic mass is 9.54. The zero-order valence-electron chi connectivity index (χ0n) is 20.9. The van der Waals surface area contributed by atoms with E-state index < -0.39 is 11.9 Å². The number of thiazole rings is 1. The molecule has 4 aliphatic carbocycles. The van der Waals surface area contributed by atoms with Crippen molar-refractivity contribution < 1.29 is 23.9 Å². The van der Waals surface area contributed by atoms with E-state index in [-0.39, 0.29) is 29.8 Å². The quantitative estimate of drug-likeness (QED) is 0.324. The molecule has 8 nitrogen and oxygen atoms in total. The topological polar surface area (TPSA) is 106 Å². The first kappa shape index (κ1) is 24.3. The fraction of sp³-hybridized carbons (Fsp3) is 0.536. The van der Waals surface area contributed by atoms with Gasteiger partial charge in [0.15, 0.2) is 0 Å². The summed E-state index contributed by atoms with van der Waals surface area (Å²) in [5, 5.41) is 4.67. The SMILES string of the molecule is O=C1CCC(N2Cc3c(SCc4csc(C(=O)OC56CC7CC(CC(C7)C5)C6)n4)cccc3C2=O)C(=O)N1. The number of aromatic nitrogens is 1. The third kappa shape index (κ3) is 4.25. The number of nitrogens with zero attached hydrogens (tertiary/aromatic N) is 2. The Morgan fingerprint density at radius 1 is 1.13 bits per heavy atom. The van der Waals surface area contributed by atoms with Crippen LogP contribution in [0, 0.1) is 17.8 Å². The van der Waals surface area contributed by atoms with Crippen LogP contribution in [0.15, 0.2) is 28.5 Å². The number of benzene rings is 1. The largest absolute Gasteiger partial charge is 0.454 e. The van der Waals surface area contributed by atoms with Gasteiger partial charge in [-0.25, -0.2) is 9.78 Å². The molecule has 6 aliphatic rings. The Morgan fingerprint density at radius 3 is 2.58 bits per heavy atom. The predicted molar refractivity (Wildman–Crippen MR) is 140 cm³/mol. The molecule has 0 spiro atoms. The molecule has 0 radical (unpaired) electrons. The Kier molecular flexibility index (Phi) is 5.88. The minimum atomic E-state index is -0.633. The van der Waals surface area contributed by atoms with Crippen LogP contribution in [0.1, 0.15) is 82.8 Å². The monoisotopic (exact) mass is 551 g/mol. The van der Waals surface area contributed by atoms with Gasteiger partial charge in [-0.15, -0.1) is 23.1 Å². The molecular formula is C28H29N3O5S2. The highest BCUT2D eigenvalue weighted by atomic mass is 32.2. The molecule has 2 aromatic rings. The number of thioether (sulfide) groups is 1. The number of hydrogen-bond donors (Lipinski definition) is 1. The normalized spacial score (nSPS) is 31.5. The summed E-state index contributed by atoms with van der Waals surface area (Å²) in [7, 11) is 0. The minimum absolute atomic E-state index is 0.180. The summed E-state index contributed by atoms with van der Waals surface area (Å²) in [5.41, 5.74) is 2.01. The summed E-state index contributed by atoms with van der Waals surface area (Å²) >= 11 is 2.90. The van der Waals surface area contributed by atoms with E-state index in [0.717, 1.165) is 35.4 Å². The number of rotatable bonds is 6. The molecule has 38 heavy (non-hydrogen) atoms. The molecule has 2 aliphatic heterocycles. The number of amides is 3. The van der Waals surface area contributed by atoms with Crippen molar-refractivity contribution in [2.75, 3.05) is 0 Å². The number of piperidine rings is 1. The van der Waals surface area contributed by atoms with Crippen LogP contribution in [0.2, 0.25) is 0 Å². The molecule has 1 aromatic carbocycles. The fourth-order valence-corrected chi connectivity index (χ4v) is 9.48. The molecule has 4 saturated carbocycles. The van der Waals surface area contributed by atoms with Crippen molar-refractivity contribution in [3.05, 3.63) is 45.4 Å². The van der Waals surface area contributed by atoms with E-state index in [1.807, 2.05) is 17.5 Å². The van der Waals surface area contributed by atoms with Gasteiger partial charge >= 0.3 is 5.97 Å². The standard InChI is InChI=1S/C28H29N3O5S2/c32-23-5-4-21(24(33)30-23)31-12-20-19(26(31)34)2-1-3-22(20)37-13-18-14-38-25(29-18)27(35)36-28-9-15-6-16(10-28)8-17(7-15)11-28/h1-3,14-17,21H,4-13H2,(H,30,32,33). The third-order valence-electron chi connectivity index (χ3n) is 8.93. The zero-order chi connectivity index (χ0) is 26.0. The first-order chi connectivity index (χ1) is 18.4. The summed E-state index contributed by atoms with van der Waals surface area (Å²) in [6, 6.07) is 4.97. The molecule has 5 fully saturated rings. The maximum Gasteiger partial charge on any atom is 0.367 e. The highest BCUT2D eigenvalue weighted by Gasteiger charge is 2.53. The molecular weight excluding hydrogens is 522 g/mol. The van der Waals surface area contributed by atoms with Crippen molar-refractivity contribution in [3.63, 3.8) is 0 Å². The van der Waals surface area contributed by atoms with Crippen molar-refractivity contribution in [1.82, 2.24) is 15.2 Å². The molecule has 3 amide bonds. The second kappa shape index (κ2) is 9.19. The van der Waals surface area contributed by atoms with E-state index in [0.29, 0.717) is 47.0 Å². The van der Waals surface area contributed by atoms with Crippen LogP contribution >= 0.6 is 23.1 Å². The Hall–Kier alpha value is -2.72. The Morgan fingerprint density at radius 2 is 1.87 bits per heavy atom. The molecule has 1 N–H and O–H groups in total. The lowest BCUT2D eigenvalue weighted by Crippen LogP contribution is -2.52. The number of carbonyl (C=O) groups is 4. The summed E-state index contributed by atoms with van der Waals surface area (Å²) in [5.74, 6) is 1.51. The molecule has 4 bridgehead atoms. The van der Waals surface area contributed by atoms with Crippen molar-refractivity contribution in [1.29, 1.82) is 0 Å². The molecule has 1 unspecified atom stereocenters. The van der Waals surface area contributed by atoms with E-state index in [2.05, 4.69) is 10.3 Å². The van der Waals surface area contributed by atoms with Gasteiger partial charge in [-0.2, -0.15) is 0 Å². The van der Waals surface area contributed by atoms with Crippen LogP contribution in [0.3, 0.4) is 0 Å². The third-order valence-corrected chi connectivity index (χ3v) is 10.9. The maximum absolute atomic E-state index is 13.1. The van der Waals surface area contributed by atoms with Crippen molar-refractivity contribution in [2.45, 2.75) is 80.2 Å². The minimum Gasteiger partial charge on any atom is -0.454 e. The number of hydrogen-bond acceptors (Lipinski definition) is 8. The van der Waals surface area contributed by atoms with Crippen LogP contribution in [0.25, 0.3) is 0 Å². The Labute approximate surface area is 228 Å². The van der Waals surface area contributed by atoms with Crippen LogP contribution in [0.5, 0.6) is 0 Å². The second-order valence-electron chi connectivity index (χ2n) is 11.6. The lowest BCUT2D eigenvalue weighted by Gasteiger charge is -2.55. The molecule has 1 saturated heterocycles. The Bertz CT molecular complexity index is 1320. The average Bonchev–Trinajstić information content (AvgIpc) is 3.47. The number of fused-ring (bicyclic) bond motifs is 1. The van der Waals surface area contributed by atoms with Gasteiger partial charge in [0.2, 0.25) is 16.8 Å². The number of nitrogens with one attached hydrogen (secondary N) is 1. The number of imide groups is 1. The zero-order valence-corrected chi connectivity index (χ0v) is 22.6. The molecule has 8 rings (SSSR count). The molecule has 10 heteroatoms.